The summed E-state index contributed by atoms with van der Waals surface area (Å²) in [6, 6.07) is 18.0. The topological polar surface area (TPSA) is 62.4 Å². The van der Waals surface area contributed by atoms with Crippen LogP contribution in [-0.4, -0.2) is 26.1 Å². The number of nitrogens with one attached hydrogen (secondary N) is 3. The Bertz CT molecular complexity index is 658. The van der Waals surface area contributed by atoms with Gasteiger partial charge in [-0.15, -0.1) is 0 Å². The molecular weight excluding hydrogens is 302 g/mol. The van der Waals surface area contributed by atoms with Crippen molar-refractivity contribution in [3.63, 3.8) is 0 Å². The molecule has 0 aliphatic carbocycles. The van der Waals surface area contributed by atoms with Gasteiger partial charge in [-0.2, -0.15) is 0 Å². The third-order valence-electron chi connectivity index (χ3n) is 4.35. The van der Waals surface area contributed by atoms with E-state index in [9.17, 15) is 4.79 Å². The molecule has 5 heteroatoms. The van der Waals surface area contributed by atoms with Crippen LogP contribution in [-0.2, 0) is 11.2 Å². The van der Waals surface area contributed by atoms with Crippen LogP contribution in [0.3, 0.4) is 0 Å². The fourth-order valence-corrected chi connectivity index (χ4v) is 2.97. The van der Waals surface area contributed by atoms with Gasteiger partial charge in [-0.05, 0) is 29.7 Å². The van der Waals surface area contributed by atoms with Crippen molar-refractivity contribution in [2.75, 3.05) is 20.2 Å². The van der Waals surface area contributed by atoms with Crippen molar-refractivity contribution in [1.29, 1.82) is 0 Å². The number of methoxy groups -OCH3 is 1. The van der Waals surface area contributed by atoms with Gasteiger partial charge in [0.25, 0.3) is 0 Å². The van der Waals surface area contributed by atoms with Crippen LogP contribution in [0.2, 0.25) is 0 Å². The van der Waals surface area contributed by atoms with E-state index in [1.165, 1.54) is 5.56 Å². The van der Waals surface area contributed by atoms with Gasteiger partial charge in [0.05, 0.1) is 19.1 Å². The maximum Gasteiger partial charge on any atom is 0.226 e. The first-order valence-corrected chi connectivity index (χ1v) is 8.22. The fraction of sp³-hybridized carbons (Fsp3) is 0.316. The Morgan fingerprint density at radius 1 is 1.17 bits per heavy atom. The lowest BCUT2D eigenvalue weighted by molar-refractivity contribution is -0.124. The molecule has 0 bridgehead atoms. The highest BCUT2D eigenvalue weighted by molar-refractivity contribution is 5.80. The van der Waals surface area contributed by atoms with Crippen molar-refractivity contribution >= 4 is 5.91 Å². The average Bonchev–Trinajstić information content (AvgIpc) is 3.13. The SMILES string of the molecule is COc1ccc(CCNC(=O)C2CNNC2c2ccccc2)cc1. The second kappa shape index (κ2) is 7.95. The molecule has 2 aromatic carbocycles. The van der Waals surface area contributed by atoms with E-state index in [1.807, 2.05) is 54.6 Å². The van der Waals surface area contributed by atoms with Gasteiger partial charge in [0.15, 0.2) is 0 Å². The third kappa shape index (κ3) is 3.93. The van der Waals surface area contributed by atoms with Gasteiger partial charge in [0, 0.05) is 13.1 Å². The van der Waals surface area contributed by atoms with Gasteiger partial charge in [-0.25, -0.2) is 5.43 Å². The average molecular weight is 325 g/mol. The lowest BCUT2D eigenvalue weighted by Crippen LogP contribution is -2.36. The zero-order valence-electron chi connectivity index (χ0n) is 13.8. The van der Waals surface area contributed by atoms with Gasteiger partial charge in [0.2, 0.25) is 5.91 Å². The number of hydrogen-bond donors (Lipinski definition) is 3. The highest BCUT2D eigenvalue weighted by Gasteiger charge is 2.33. The van der Waals surface area contributed by atoms with Gasteiger partial charge in [0.1, 0.15) is 5.75 Å². The molecule has 3 rings (SSSR count). The number of ether oxygens (including phenoxy) is 1. The Balaban J connectivity index is 1.52. The number of carbonyl (C=O) groups is 1. The maximum atomic E-state index is 12.5. The molecule has 1 aliphatic rings. The molecular formula is C19H23N3O2. The summed E-state index contributed by atoms with van der Waals surface area (Å²) in [6.07, 6.45) is 0.805. The van der Waals surface area contributed by atoms with Crippen molar-refractivity contribution in [2.45, 2.75) is 12.5 Å². The summed E-state index contributed by atoms with van der Waals surface area (Å²) in [6.45, 7) is 1.26. The molecule has 2 atom stereocenters. The van der Waals surface area contributed by atoms with Crippen LogP contribution >= 0.6 is 0 Å². The zero-order chi connectivity index (χ0) is 16.8. The normalized spacial score (nSPS) is 19.9. The standard InChI is InChI=1S/C19H23N3O2/c1-24-16-9-7-14(8-10-16)11-12-20-19(23)17-13-21-22-18(17)15-5-3-2-4-6-15/h2-10,17-18,21-22H,11-13H2,1H3,(H,20,23). The van der Waals surface area contributed by atoms with Gasteiger partial charge in [-0.3, -0.25) is 10.2 Å². The van der Waals surface area contributed by atoms with Crippen LogP contribution in [0.5, 0.6) is 5.75 Å². The number of benzene rings is 2. The van der Waals surface area contributed by atoms with Crippen molar-refractivity contribution < 1.29 is 9.53 Å². The summed E-state index contributed by atoms with van der Waals surface area (Å²) >= 11 is 0. The first-order valence-electron chi connectivity index (χ1n) is 8.22. The summed E-state index contributed by atoms with van der Waals surface area (Å²) in [5.41, 5.74) is 8.60. The Hall–Kier alpha value is -2.37. The van der Waals surface area contributed by atoms with Crippen molar-refractivity contribution in [3.8, 4) is 5.75 Å². The Kier molecular flexibility index (Phi) is 5.46. The molecule has 126 valence electrons. The molecule has 1 amide bonds. The van der Waals surface area contributed by atoms with E-state index in [1.54, 1.807) is 7.11 Å². The Morgan fingerprint density at radius 3 is 2.62 bits per heavy atom. The first kappa shape index (κ1) is 16.5. The van der Waals surface area contributed by atoms with Crippen LogP contribution in [0.25, 0.3) is 0 Å². The molecule has 1 aliphatic heterocycles. The van der Waals surface area contributed by atoms with Crippen LogP contribution < -0.4 is 20.9 Å². The molecule has 0 spiro atoms. The zero-order valence-corrected chi connectivity index (χ0v) is 13.8. The van der Waals surface area contributed by atoms with Crippen molar-refractivity contribution in [1.82, 2.24) is 16.2 Å². The van der Waals surface area contributed by atoms with Crippen molar-refractivity contribution in [2.24, 2.45) is 5.92 Å². The first-order chi connectivity index (χ1) is 11.8. The molecule has 0 radical (unpaired) electrons. The molecule has 1 heterocycles. The van der Waals surface area contributed by atoms with E-state index in [0.717, 1.165) is 17.7 Å². The molecule has 3 N–H and O–H groups in total. The van der Waals surface area contributed by atoms with E-state index in [-0.39, 0.29) is 17.9 Å². The fourth-order valence-electron chi connectivity index (χ4n) is 2.97. The minimum Gasteiger partial charge on any atom is -0.497 e. The maximum absolute atomic E-state index is 12.5. The molecule has 2 aromatic rings. The Labute approximate surface area is 142 Å². The largest absolute Gasteiger partial charge is 0.497 e. The summed E-state index contributed by atoms with van der Waals surface area (Å²) in [7, 11) is 1.65. The molecule has 2 unspecified atom stereocenters. The Morgan fingerprint density at radius 2 is 1.92 bits per heavy atom. The highest BCUT2D eigenvalue weighted by atomic mass is 16.5. The van der Waals surface area contributed by atoms with Gasteiger partial charge in [-0.1, -0.05) is 42.5 Å². The van der Waals surface area contributed by atoms with Crippen molar-refractivity contribution in [3.05, 3.63) is 65.7 Å². The molecule has 1 fully saturated rings. The monoisotopic (exact) mass is 325 g/mol. The predicted molar refractivity (Wildman–Crippen MR) is 93.5 cm³/mol. The number of amides is 1. The van der Waals surface area contributed by atoms with Crippen LogP contribution in [0.4, 0.5) is 0 Å². The molecule has 1 saturated heterocycles. The highest BCUT2D eigenvalue weighted by Crippen LogP contribution is 2.24. The lowest BCUT2D eigenvalue weighted by atomic mass is 9.94. The minimum absolute atomic E-state index is 0.00665. The minimum atomic E-state index is -0.108. The number of hydrazine groups is 1. The van der Waals surface area contributed by atoms with E-state index < -0.39 is 0 Å². The smallest absolute Gasteiger partial charge is 0.226 e. The summed E-state index contributed by atoms with van der Waals surface area (Å²) < 4.78 is 5.15. The summed E-state index contributed by atoms with van der Waals surface area (Å²) in [4.78, 5) is 12.5. The number of hydrogen-bond acceptors (Lipinski definition) is 4. The number of carbonyl (C=O) groups excluding carboxylic acids is 1. The van der Waals surface area contributed by atoms with Crippen LogP contribution in [0.1, 0.15) is 17.2 Å². The van der Waals surface area contributed by atoms with E-state index >= 15 is 0 Å². The van der Waals surface area contributed by atoms with E-state index in [4.69, 9.17) is 4.74 Å². The summed E-state index contributed by atoms with van der Waals surface area (Å²) in [5.74, 6) is 0.815. The predicted octanol–water partition coefficient (Wildman–Crippen LogP) is 1.82. The number of rotatable bonds is 6. The van der Waals surface area contributed by atoms with Crippen LogP contribution in [0, 0.1) is 5.92 Å². The molecule has 5 nitrogen and oxygen atoms in total. The third-order valence-corrected chi connectivity index (χ3v) is 4.35. The van der Waals surface area contributed by atoms with E-state index in [2.05, 4.69) is 16.2 Å². The van der Waals surface area contributed by atoms with Crippen LogP contribution in [0.15, 0.2) is 54.6 Å². The molecule has 0 aromatic heterocycles. The quantitative estimate of drug-likeness (QED) is 0.758. The van der Waals surface area contributed by atoms with Gasteiger partial charge >= 0.3 is 0 Å². The second-order valence-electron chi connectivity index (χ2n) is 5.91. The summed E-state index contributed by atoms with van der Waals surface area (Å²) in [5, 5.41) is 3.05. The van der Waals surface area contributed by atoms with Gasteiger partial charge < -0.3 is 10.1 Å². The lowest BCUT2D eigenvalue weighted by Gasteiger charge is -2.18. The van der Waals surface area contributed by atoms with E-state index in [0.29, 0.717) is 13.1 Å². The second-order valence-corrected chi connectivity index (χ2v) is 5.91. The molecule has 0 saturated carbocycles. The molecule has 24 heavy (non-hydrogen) atoms.